The van der Waals surface area contributed by atoms with Gasteiger partial charge in [0.25, 0.3) is 0 Å². The number of ether oxygens (including phenoxy) is 1. The van der Waals surface area contributed by atoms with Crippen LogP contribution in [0.2, 0.25) is 0 Å². The Bertz CT molecular complexity index is 1050. The number of pyridine rings is 1. The zero-order valence-corrected chi connectivity index (χ0v) is 16.5. The molecule has 1 fully saturated rings. The number of carbonyl (C=O) groups is 1. The minimum Gasteiger partial charge on any atom is -0.379 e. The molecular formula is C20H22F3N5O2. The fourth-order valence-electron chi connectivity index (χ4n) is 3.58. The van der Waals surface area contributed by atoms with Crippen molar-refractivity contribution in [3.8, 4) is 11.4 Å². The Morgan fingerprint density at radius 2 is 2.00 bits per heavy atom. The molecule has 0 spiro atoms. The van der Waals surface area contributed by atoms with E-state index in [1.54, 1.807) is 17.8 Å². The molecule has 0 aromatic carbocycles. The van der Waals surface area contributed by atoms with Gasteiger partial charge < -0.3 is 9.72 Å². The summed E-state index contributed by atoms with van der Waals surface area (Å²) in [5.41, 5.74) is 1.26. The Kier molecular flexibility index (Phi) is 5.61. The molecule has 0 radical (unpaired) electrons. The Morgan fingerprint density at radius 1 is 1.23 bits per heavy atom. The molecule has 4 rings (SSSR count). The molecule has 4 heterocycles. The average Bonchev–Trinajstić information content (AvgIpc) is 3.30. The molecule has 0 aliphatic carbocycles. The summed E-state index contributed by atoms with van der Waals surface area (Å²) in [6, 6.07) is 5.48. The molecule has 1 saturated heterocycles. The number of aryl methyl sites for hydroxylation is 1. The first-order valence-corrected chi connectivity index (χ1v) is 9.76. The third-order valence-electron chi connectivity index (χ3n) is 5.19. The molecule has 3 aromatic heterocycles. The summed E-state index contributed by atoms with van der Waals surface area (Å²) >= 11 is 0. The summed E-state index contributed by atoms with van der Waals surface area (Å²) in [5, 5.41) is 4.29. The van der Waals surface area contributed by atoms with E-state index in [0.717, 1.165) is 45.3 Å². The molecule has 0 unspecified atom stereocenters. The number of rotatable bonds is 6. The van der Waals surface area contributed by atoms with Crippen molar-refractivity contribution in [2.24, 2.45) is 7.05 Å². The van der Waals surface area contributed by atoms with E-state index in [4.69, 9.17) is 4.74 Å². The SMILES string of the molecule is Cn1nc(C(=O)CCCN2CCOCC2)cc1-c1cc2nc(C(F)(F)F)ccc2[nH]1. The number of alkyl halides is 3. The Labute approximate surface area is 170 Å². The fraction of sp³-hybridized carbons (Fsp3) is 0.450. The van der Waals surface area contributed by atoms with E-state index in [2.05, 4.69) is 20.0 Å². The largest absolute Gasteiger partial charge is 0.433 e. The van der Waals surface area contributed by atoms with Crippen LogP contribution in [-0.4, -0.2) is 63.3 Å². The van der Waals surface area contributed by atoms with Crippen LogP contribution in [0.1, 0.15) is 29.0 Å². The van der Waals surface area contributed by atoms with E-state index < -0.39 is 11.9 Å². The summed E-state index contributed by atoms with van der Waals surface area (Å²) < 4.78 is 45.5. The second kappa shape index (κ2) is 8.19. The third-order valence-corrected chi connectivity index (χ3v) is 5.19. The minimum absolute atomic E-state index is 0.0568. The van der Waals surface area contributed by atoms with E-state index in [0.29, 0.717) is 29.0 Å². The van der Waals surface area contributed by atoms with Gasteiger partial charge in [-0.05, 0) is 37.2 Å². The number of nitrogens with one attached hydrogen (secondary N) is 1. The molecule has 10 heteroatoms. The smallest absolute Gasteiger partial charge is 0.379 e. The summed E-state index contributed by atoms with van der Waals surface area (Å²) in [6.45, 7) is 4.05. The average molecular weight is 421 g/mol. The van der Waals surface area contributed by atoms with Crippen molar-refractivity contribution in [3.63, 3.8) is 0 Å². The van der Waals surface area contributed by atoms with Crippen molar-refractivity contribution < 1.29 is 22.7 Å². The maximum atomic E-state index is 12.9. The van der Waals surface area contributed by atoms with Crippen LogP contribution in [0.15, 0.2) is 24.3 Å². The van der Waals surface area contributed by atoms with E-state index in [1.807, 2.05) is 0 Å². The number of aromatic amines is 1. The number of halogens is 3. The number of fused-ring (bicyclic) bond motifs is 1. The lowest BCUT2D eigenvalue weighted by molar-refractivity contribution is -0.140. The molecule has 1 aliphatic heterocycles. The first-order valence-electron chi connectivity index (χ1n) is 9.76. The van der Waals surface area contributed by atoms with Crippen LogP contribution >= 0.6 is 0 Å². The number of morpholine rings is 1. The van der Waals surface area contributed by atoms with Crippen molar-refractivity contribution in [2.75, 3.05) is 32.8 Å². The molecule has 7 nitrogen and oxygen atoms in total. The van der Waals surface area contributed by atoms with Crippen molar-refractivity contribution in [2.45, 2.75) is 19.0 Å². The molecule has 0 amide bonds. The molecule has 0 bridgehead atoms. The van der Waals surface area contributed by atoms with Crippen LogP contribution in [0.5, 0.6) is 0 Å². The minimum atomic E-state index is -4.50. The summed E-state index contributed by atoms with van der Waals surface area (Å²) in [6.07, 6.45) is -3.38. The molecule has 3 aromatic rings. The maximum Gasteiger partial charge on any atom is 0.433 e. The van der Waals surface area contributed by atoms with Gasteiger partial charge in [0.05, 0.1) is 35.6 Å². The maximum absolute atomic E-state index is 12.9. The van der Waals surface area contributed by atoms with Crippen LogP contribution in [0, 0.1) is 0 Å². The Balaban J connectivity index is 1.47. The second-order valence-electron chi connectivity index (χ2n) is 7.33. The van der Waals surface area contributed by atoms with Gasteiger partial charge in [-0.1, -0.05) is 0 Å². The molecule has 0 atom stereocenters. The fourth-order valence-corrected chi connectivity index (χ4v) is 3.58. The van der Waals surface area contributed by atoms with E-state index in [-0.39, 0.29) is 11.3 Å². The molecule has 30 heavy (non-hydrogen) atoms. The van der Waals surface area contributed by atoms with Gasteiger partial charge in [-0.25, -0.2) is 4.98 Å². The van der Waals surface area contributed by atoms with Crippen molar-refractivity contribution >= 4 is 16.8 Å². The molecule has 160 valence electrons. The van der Waals surface area contributed by atoms with Gasteiger partial charge in [-0.15, -0.1) is 0 Å². The first-order chi connectivity index (χ1) is 14.3. The number of H-pyrrole nitrogens is 1. The number of Topliss-reactive ketones (excluding diaryl/α,β-unsaturated/α-hetero) is 1. The number of carbonyl (C=O) groups excluding carboxylic acids is 1. The Hall–Kier alpha value is -2.72. The lowest BCUT2D eigenvalue weighted by atomic mass is 10.1. The predicted octanol–water partition coefficient (Wildman–Crippen LogP) is 3.28. The number of aromatic nitrogens is 4. The van der Waals surface area contributed by atoms with Gasteiger partial charge in [-0.2, -0.15) is 18.3 Å². The number of hydrogen-bond donors (Lipinski definition) is 1. The van der Waals surface area contributed by atoms with Crippen LogP contribution in [0.4, 0.5) is 13.2 Å². The predicted molar refractivity (Wildman–Crippen MR) is 104 cm³/mol. The lowest BCUT2D eigenvalue weighted by Gasteiger charge is -2.26. The quantitative estimate of drug-likeness (QED) is 0.619. The highest BCUT2D eigenvalue weighted by atomic mass is 19.4. The van der Waals surface area contributed by atoms with Crippen molar-refractivity contribution in [3.05, 3.63) is 35.7 Å². The van der Waals surface area contributed by atoms with Gasteiger partial charge in [0, 0.05) is 26.6 Å². The van der Waals surface area contributed by atoms with Crippen LogP contribution in [0.3, 0.4) is 0 Å². The summed E-state index contributed by atoms with van der Waals surface area (Å²) in [5.74, 6) is -0.0568. The molecular weight excluding hydrogens is 399 g/mol. The van der Waals surface area contributed by atoms with Gasteiger partial charge in [0.15, 0.2) is 5.78 Å². The summed E-state index contributed by atoms with van der Waals surface area (Å²) in [4.78, 5) is 21.5. The van der Waals surface area contributed by atoms with Crippen LogP contribution in [-0.2, 0) is 18.0 Å². The molecule has 1 aliphatic rings. The topological polar surface area (TPSA) is 76.0 Å². The molecule has 1 N–H and O–H groups in total. The zero-order chi connectivity index (χ0) is 21.3. The number of nitrogens with zero attached hydrogens (tertiary/aromatic N) is 4. The van der Waals surface area contributed by atoms with E-state index in [9.17, 15) is 18.0 Å². The highest BCUT2D eigenvalue weighted by Gasteiger charge is 2.32. The lowest BCUT2D eigenvalue weighted by Crippen LogP contribution is -2.36. The van der Waals surface area contributed by atoms with Crippen LogP contribution in [0.25, 0.3) is 22.4 Å². The second-order valence-corrected chi connectivity index (χ2v) is 7.33. The monoisotopic (exact) mass is 421 g/mol. The number of ketones is 1. The number of hydrogen-bond acceptors (Lipinski definition) is 5. The standard InChI is InChI=1S/C20H22F3N5O2/c1-27-17(15-11-14-13(24-15)4-5-19(25-14)20(21,22)23)12-16(26-27)18(29)3-2-6-28-7-9-30-10-8-28/h4-5,11-12,24H,2-3,6-10H2,1H3. The third kappa shape index (κ3) is 4.39. The highest BCUT2D eigenvalue weighted by Crippen LogP contribution is 2.30. The summed E-state index contributed by atoms with van der Waals surface area (Å²) in [7, 11) is 1.69. The van der Waals surface area contributed by atoms with Crippen LogP contribution < -0.4 is 0 Å². The zero-order valence-electron chi connectivity index (χ0n) is 16.5. The van der Waals surface area contributed by atoms with Crippen molar-refractivity contribution in [1.29, 1.82) is 0 Å². The normalized spacial score (nSPS) is 15.7. The van der Waals surface area contributed by atoms with E-state index >= 15 is 0 Å². The van der Waals surface area contributed by atoms with Gasteiger partial charge in [0.1, 0.15) is 11.4 Å². The van der Waals surface area contributed by atoms with Crippen molar-refractivity contribution in [1.82, 2.24) is 24.6 Å². The van der Waals surface area contributed by atoms with Gasteiger partial charge in [-0.3, -0.25) is 14.4 Å². The van der Waals surface area contributed by atoms with E-state index in [1.165, 1.54) is 12.1 Å². The Morgan fingerprint density at radius 3 is 2.73 bits per heavy atom. The first kappa shape index (κ1) is 20.5. The molecule has 0 saturated carbocycles. The highest BCUT2D eigenvalue weighted by molar-refractivity contribution is 5.95. The van der Waals surface area contributed by atoms with Gasteiger partial charge >= 0.3 is 6.18 Å². The van der Waals surface area contributed by atoms with Gasteiger partial charge in [0.2, 0.25) is 0 Å².